The highest BCUT2D eigenvalue weighted by Gasteiger charge is 2.04. The second-order valence-corrected chi connectivity index (χ2v) is 4.10. The van der Waals surface area contributed by atoms with Crippen LogP contribution in [-0.2, 0) is 0 Å². The number of halogens is 1. The van der Waals surface area contributed by atoms with E-state index in [1.807, 2.05) is 6.07 Å². The van der Waals surface area contributed by atoms with Crippen LogP contribution in [0.3, 0.4) is 0 Å². The average Bonchev–Trinajstić information content (AvgIpc) is 2.38. The normalized spacial score (nSPS) is 9.47. The SMILES string of the molecule is N#Cc1cc(Cl)cc(NC(=O)Nc2cccnc2)c1. The first-order chi connectivity index (χ1) is 9.17. The molecule has 1 heterocycles. The summed E-state index contributed by atoms with van der Waals surface area (Å²) in [5, 5.41) is 14.4. The zero-order chi connectivity index (χ0) is 13.7. The molecule has 0 aliphatic carbocycles. The predicted molar refractivity (Wildman–Crippen MR) is 73.0 cm³/mol. The molecule has 2 N–H and O–H groups in total. The van der Waals surface area contributed by atoms with Gasteiger partial charge in [0.1, 0.15) is 0 Å². The number of benzene rings is 1. The molecule has 0 aliphatic rings. The number of carbonyl (C=O) groups excluding carboxylic acids is 1. The molecule has 0 aliphatic heterocycles. The Morgan fingerprint density at radius 1 is 1.26 bits per heavy atom. The van der Waals surface area contributed by atoms with Gasteiger partial charge in [0, 0.05) is 16.9 Å². The van der Waals surface area contributed by atoms with E-state index in [0.29, 0.717) is 22.0 Å². The number of urea groups is 1. The molecule has 5 nitrogen and oxygen atoms in total. The molecule has 0 radical (unpaired) electrons. The number of rotatable bonds is 2. The van der Waals surface area contributed by atoms with Crippen molar-refractivity contribution in [1.82, 2.24) is 4.98 Å². The molecule has 0 saturated heterocycles. The number of aromatic nitrogens is 1. The molecule has 6 heteroatoms. The van der Waals surface area contributed by atoms with Gasteiger partial charge < -0.3 is 10.6 Å². The van der Waals surface area contributed by atoms with Crippen LogP contribution in [0, 0.1) is 11.3 Å². The molecule has 0 bridgehead atoms. The van der Waals surface area contributed by atoms with Crippen LogP contribution in [0.4, 0.5) is 16.2 Å². The maximum atomic E-state index is 11.7. The van der Waals surface area contributed by atoms with Crippen molar-refractivity contribution in [3.05, 3.63) is 53.3 Å². The van der Waals surface area contributed by atoms with E-state index in [1.54, 1.807) is 24.4 Å². The predicted octanol–water partition coefficient (Wildman–Crippen LogP) is 3.25. The molecule has 0 atom stereocenters. The maximum Gasteiger partial charge on any atom is 0.323 e. The van der Waals surface area contributed by atoms with Crippen molar-refractivity contribution in [3.63, 3.8) is 0 Å². The summed E-state index contributed by atoms with van der Waals surface area (Å²) in [7, 11) is 0. The van der Waals surface area contributed by atoms with Crippen molar-refractivity contribution >= 4 is 29.0 Å². The first-order valence-corrected chi connectivity index (χ1v) is 5.74. The molecule has 94 valence electrons. The first kappa shape index (κ1) is 12.9. The summed E-state index contributed by atoms with van der Waals surface area (Å²) in [6, 6.07) is 9.58. The van der Waals surface area contributed by atoms with Crippen LogP contribution < -0.4 is 10.6 Å². The summed E-state index contributed by atoms with van der Waals surface area (Å²) in [6.45, 7) is 0. The number of anilines is 2. The minimum atomic E-state index is -0.431. The summed E-state index contributed by atoms with van der Waals surface area (Å²) in [4.78, 5) is 15.6. The number of nitrogens with one attached hydrogen (secondary N) is 2. The van der Waals surface area contributed by atoms with Crippen LogP contribution in [0.5, 0.6) is 0 Å². The molecule has 2 aromatic rings. The molecule has 2 amide bonds. The maximum absolute atomic E-state index is 11.7. The second-order valence-electron chi connectivity index (χ2n) is 3.66. The van der Waals surface area contributed by atoms with Gasteiger partial charge >= 0.3 is 6.03 Å². The zero-order valence-corrected chi connectivity index (χ0v) is 10.5. The number of amides is 2. The Labute approximate surface area is 114 Å². The highest BCUT2D eigenvalue weighted by molar-refractivity contribution is 6.31. The minimum Gasteiger partial charge on any atom is -0.308 e. The Morgan fingerprint density at radius 3 is 2.74 bits per heavy atom. The molecule has 1 aromatic heterocycles. The summed E-state index contributed by atoms with van der Waals surface area (Å²) >= 11 is 5.84. The summed E-state index contributed by atoms with van der Waals surface area (Å²) in [5.41, 5.74) is 1.40. The Hall–Kier alpha value is -2.58. The van der Waals surface area contributed by atoms with E-state index in [2.05, 4.69) is 15.6 Å². The van der Waals surface area contributed by atoms with E-state index in [4.69, 9.17) is 16.9 Å². The van der Waals surface area contributed by atoms with Crippen LogP contribution in [0.2, 0.25) is 5.02 Å². The third-order valence-corrected chi connectivity index (χ3v) is 2.42. The molecule has 19 heavy (non-hydrogen) atoms. The van der Waals surface area contributed by atoms with E-state index >= 15 is 0 Å². The fourth-order valence-corrected chi connectivity index (χ4v) is 1.69. The van der Waals surface area contributed by atoms with Gasteiger partial charge in [-0.3, -0.25) is 4.98 Å². The standard InChI is InChI=1S/C13H9ClN4O/c14-10-4-9(7-15)5-12(6-10)18-13(19)17-11-2-1-3-16-8-11/h1-6,8H,(H2,17,18,19). The topological polar surface area (TPSA) is 77.8 Å². The molecule has 0 unspecified atom stereocenters. The van der Waals surface area contributed by atoms with E-state index in [0.717, 1.165) is 0 Å². The fourth-order valence-electron chi connectivity index (χ4n) is 1.46. The summed E-state index contributed by atoms with van der Waals surface area (Å²) in [6.07, 6.45) is 3.14. The highest BCUT2D eigenvalue weighted by atomic mass is 35.5. The molecule has 2 rings (SSSR count). The zero-order valence-electron chi connectivity index (χ0n) is 9.72. The lowest BCUT2D eigenvalue weighted by Crippen LogP contribution is -2.19. The third-order valence-electron chi connectivity index (χ3n) is 2.20. The lowest BCUT2D eigenvalue weighted by Gasteiger charge is -2.07. The molecular weight excluding hydrogens is 264 g/mol. The fraction of sp³-hybridized carbons (Fsp3) is 0. The van der Waals surface area contributed by atoms with Gasteiger partial charge in [0.2, 0.25) is 0 Å². The van der Waals surface area contributed by atoms with E-state index in [1.165, 1.54) is 18.3 Å². The van der Waals surface area contributed by atoms with Crippen LogP contribution >= 0.6 is 11.6 Å². The molecule has 0 spiro atoms. The van der Waals surface area contributed by atoms with Gasteiger partial charge in [-0.2, -0.15) is 5.26 Å². The van der Waals surface area contributed by atoms with Crippen LogP contribution in [0.25, 0.3) is 0 Å². The van der Waals surface area contributed by atoms with E-state index in [-0.39, 0.29) is 0 Å². The number of pyridine rings is 1. The van der Waals surface area contributed by atoms with Gasteiger partial charge in [-0.05, 0) is 30.3 Å². The summed E-state index contributed by atoms with van der Waals surface area (Å²) < 4.78 is 0. The lowest BCUT2D eigenvalue weighted by atomic mass is 10.2. The molecular formula is C13H9ClN4O. The number of nitriles is 1. The van der Waals surface area contributed by atoms with Crippen molar-refractivity contribution < 1.29 is 4.79 Å². The van der Waals surface area contributed by atoms with Gasteiger partial charge in [-0.1, -0.05) is 11.6 Å². The highest BCUT2D eigenvalue weighted by Crippen LogP contribution is 2.18. The van der Waals surface area contributed by atoms with E-state index < -0.39 is 6.03 Å². The smallest absolute Gasteiger partial charge is 0.308 e. The van der Waals surface area contributed by atoms with Gasteiger partial charge in [0.05, 0.1) is 23.5 Å². The largest absolute Gasteiger partial charge is 0.323 e. The summed E-state index contributed by atoms with van der Waals surface area (Å²) in [5.74, 6) is 0. The number of hydrogen-bond donors (Lipinski definition) is 2. The van der Waals surface area contributed by atoms with E-state index in [9.17, 15) is 4.79 Å². The van der Waals surface area contributed by atoms with Crippen molar-refractivity contribution in [3.8, 4) is 6.07 Å². The lowest BCUT2D eigenvalue weighted by molar-refractivity contribution is 0.262. The molecule has 0 fully saturated rings. The van der Waals surface area contributed by atoms with Gasteiger partial charge in [0.15, 0.2) is 0 Å². The second kappa shape index (κ2) is 5.85. The Morgan fingerprint density at radius 2 is 2.05 bits per heavy atom. The number of hydrogen-bond acceptors (Lipinski definition) is 3. The van der Waals surface area contributed by atoms with Gasteiger partial charge in [-0.25, -0.2) is 4.79 Å². The third kappa shape index (κ3) is 3.69. The monoisotopic (exact) mass is 272 g/mol. The van der Waals surface area contributed by atoms with Crippen molar-refractivity contribution in [2.24, 2.45) is 0 Å². The molecule has 1 aromatic carbocycles. The van der Waals surface area contributed by atoms with Gasteiger partial charge in [-0.15, -0.1) is 0 Å². The average molecular weight is 273 g/mol. The molecule has 0 saturated carbocycles. The van der Waals surface area contributed by atoms with Crippen LogP contribution in [0.1, 0.15) is 5.56 Å². The van der Waals surface area contributed by atoms with Crippen molar-refractivity contribution in [2.75, 3.05) is 10.6 Å². The van der Waals surface area contributed by atoms with Crippen LogP contribution in [-0.4, -0.2) is 11.0 Å². The number of carbonyl (C=O) groups is 1. The Kier molecular flexibility index (Phi) is 3.96. The Bertz CT molecular complexity index is 637. The Balaban J connectivity index is 2.07. The number of nitrogens with zero attached hydrogens (tertiary/aromatic N) is 2. The van der Waals surface area contributed by atoms with Crippen molar-refractivity contribution in [2.45, 2.75) is 0 Å². The first-order valence-electron chi connectivity index (χ1n) is 5.36. The quantitative estimate of drug-likeness (QED) is 0.881. The minimum absolute atomic E-state index is 0.379. The van der Waals surface area contributed by atoms with Gasteiger partial charge in [0.25, 0.3) is 0 Å². The van der Waals surface area contributed by atoms with Crippen LogP contribution in [0.15, 0.2) is 42.7 Å². The van der Waals surface area contributed by atoms with Crippen molar-refractivity contribution in [1.29, 1.82) is 5.26 Å².